The third-order valence-electron chi connectivity index (χ3n) is 5.12. The van der Waals surface area contributed by atoms with Crippen LogP contribution < -0.4 is 0 Å². The molecular formula is C18H19N7O. The van der Waals surface area contributed by atoms with Crippen molar-refractivity contribution in [3.63, 3.8) is 0 Å². The smallest absolute Gasteiger partial charge is 0.254 e. The summed E-state index contributed by atoms with van der Waals surface area (Å²) in [5.74, 6) is 2.36. The molecule has 26 heavy (non-hydrogen) atoms. The number of fused-ring (bicyclic) bond motifs is 1. The Morgan fingerprint density at radius 2 is 1.96 bits per heavy atom. The van der Waals surface area contributed by atoms with Gasteiger partial charge in [0.1, 0.15) is 18.5 Å². The quantitative estimate of drug-likeness (QED) is 0.722. The van der Waals surface area contributed by atoms with Crippen LogP contribution in [0.5, 0.6) is 0 Å². The van der Waals surface area contributed by atoms with Crippen LogP contribution in [-0.2, 0) is 6.54 Å². The Hall–Kier alpha value is -3.03. The van der Waals surface area contributed by atoms with Crippen LogP contribution in [-0.4, -0.2) is 46.9 Å². The number of hydrogen-bond acceptors (Lipinski definition) is 5. The van der Waals surface area contributed by atoms with Gasteiger partial charge in [0.15, 0.2) is 5.82 Å². The van der Waals surface area contributed by atoms with Crippen molar-refractivity contribution in [2.75, 3.05) is 6.54 Å². The lowest BCUT2D eigenvalue weighted by Gasteiger charge is -2.33. The van der Waals surface area contributed by atoms with E-state index in [2.05, 4.69) is 15.3 Å². The second kappa shape index (κ2) is 5.76. The van der Waals surface area contributed by atoms with Crippen LogP contribution in [0.4, 0.5) is 0 Å². The highest BCUT2D eigenvalue weighted by Gasteiger charge is 2.34. The maximum absolute atomic E-state index is 13.1. The molecule has 0 saturated heterocycles. The van der Waals surface area contributed by atoms with Crippen molar-refractivity contribution >= 4 is 5.91 Å². The molecular weight excluding hydrogens is 330 g/mol. The molecule has 0 radical (unpaired) electrons. The molecule has 2 aromatic heterocycles. The molecule has 1 aliphatic carbocycles. The summed E-state index contributed by atoms with van der Waals surface area (Å²) in [5.41, 5.74) is 1.52. The van der Waals surface area contributed by atoms with Crippen molar-refractivity contribution < 1.29 is 4.79 Å². The average molecular weight is 349 g/mol. The van der Waals surface area contributed by atoms with E-state index in [1.165, 1.54) is 12.8 Å². The van der Waals surface area contributed by atoms with Gasteiger partial charge in [-0.25, -0.2) is 9.67 Å². The minimum Gasteiger partial charge on any atom is -0.327 e. The van der Waals surface area contributed by atoms with E-state index < -0.39 is 0 Å². The molecule has 3 heterocycles. The zero-order valence-electron chi connectivity index (χ0n) is 14.5. The normalized spacial score (nSPS) is 19.4. The molecule has 1 amide bonds. The molecule has 1 aliphatic heterocycles. The van der Waals surface area contributed by atoms with Crippen LogP contribution in [0.1, 0.15) is 53.7 Å². The van der Waals surface area contributed by atoms with E-state index >= 15 is 0 Å². The molecule has 0 spiro atoms. The summed E-state index contributed by atoms with van der Waals surface area (Å²) in [6, 6.07) is 7.43. The Morgan fingerprint density at radius 1 is 1.15 bits per heavy atom. The van der Waals surface area contributed by atoms with E-state index in [1.54, 1.807) is 17.2 Å². The SMILES string of the molecule is C[C@@H]1c2nc(C3CC3)nn2CCN1C(=O)c1cccc(-n2cnnc2)c1. The Kier molecular flexibility index (Phi) is 3.37. The first-order valence-corrected chi connectivity index (χ1v) is 8.91. The summed E-state index contributed by atoms with van der Waals surface area (Å²) < 4.78 is 3.75. The van der Waals surface area contributed by atoms with Gasteiger partial charge in [0.25, 0.3) is 5.91 Å². The lowest BCUT2D eigenvalue weighted by Crippen LogP contribution is -2.41. The van der Waals surface area contributed by atoms with Crippen LogP contribution in [0.3, 0.4) is 0 Å². The highest BCUT2D eigenvalue weighted by molar-refractivity contribution is 5.95. The van der Waals surface area contributed by atoms with E-state index in [9.17, 15) is 4.79 Å². The fraction of sp³-hybridized carbons (Fsp3) is 0.389. The molecule has 1 saturated carbocycles. The van der Waals surface area contributed by atoms with Gasteiger partial charge in [0, 0.05) is 23.7 Å². The Labute approximate surface area is 150 Å². The lowest BCUT2D eigenvalue weighted by atomic mass is 10.1. The van der Waals surface area contributed by atoms with Gasteiger partial charge >= 0.3 is 0 Å². The van der Waals surface area contributed by atoms with Crippen molar-refractivity contribution in [2.24, 2.45) is 0 Å². The first-order chi connectivity index (χ1) is 12.7. The molecule has 3 aromatic rings. The van der Waals surface area contributed by atoms with Crippen LogP contribution >= 0.6 is 0 Å². The van der Waals surface area contributed by atoms with Crippen molar-refractivity contribution in [1.82, 2.24) is 34.4 Å². The summed E-state index contributed by atoms with van der Waals surface area (Å²) in [6.45, 7) is 3.35. The predicted octanol–water partition coefficient (Wildman–Crippen LogP) is 1.95. The molecule has 1 fully saturated rings. The molecule has 1 aromatic carbocycles. The van der Waals surface area contributed by atoms with Crippen molar-refractivity contribution in [3.05, 3.63) is 54.1 Å². The number of carbonyl (C=O) groups is 1. The number of hydrogen-bond donors (Lipinski definition) is 0. The second-order valence-electron chi connectivity index (χ2n) is 6.92. The van der Waals surface area contributed by atoms with Gasteiger partial charge in [-0.3, -0.25) is 9.36 Å². The highest BCUT2D eigenvalue weighted by Crippen LogP contribution is 2.39. The van der Waals surface area contributed by atoms with E-state index in [4.69, 9.17) is 4.98 Å². The molecule has 8 nitrogen and oxygen atoms in total. The summed E-state index contributed by atoms with van der Waals surface area (Å²) >= 11 is 0. The molecule has 0 N–H and O–H groups in total. The third kappa shape index (κ3) is 2.49. The number of amides is 1. The Morgan fingerprint density at radius 3 is 2.73 bits per heavy atom. The van der Waals surface area contributed by atoms with Gasteiger partial charge in [-0.05, 0) is 38.0 Å². The van der Waals surface area contributed by atoms with Crippen LogP contribution in [0.25, 0.3) is 5.69 Å². The summed E-state index contributed by atoms with van der Waals surface area (Å²) in [6.07, 6.45) is 5.59. The Bertz CT molecular complexity index is 958. The summed E-state index contributed by atoms with van der Waals surface area (Å²) in [4.78, 5) is 19.7. The zero-order valence-corrected chi connectivity index (χ0v) is 14.5. The van der Waals surface area contributed by atoms with E-state index in [1.807, 2.05) is 40.8 Å². The molecule has 0 bridgehead atoms. The van der Waals surface area contributed by atoms with Crippen LogP contribution in [0.2, 0.25) is 0 Å². The standard InChI is InChI=1S/C18H19N7O/c1-12-17-21-16(13-5-6-13)22-25(17)8-7-24(12)18(26)14-3-2-4-15(9-14)23-10-19-20-11-23/h2-4,9-13H,5-8H2,1H3/t12-/m1/s1. The van der Waals surface area contributed by atoms with Crippen LogP contribution in [0.15, 0.2) is 36.9 Å². The maximum atomic E-state index is 13.1. The topological polar surface area (TPSA) is 81.7 Å². The first kappa shape index (κ1) is 15.2. The molecule has 8 heteroatoms. The van der Waals surface area contributed by atoms with Crippen LogP contribution in [0, 0.1) is 0 Å². The maximum Gasteiger partial charge on any atom is 0.254 e. The minimum absolute atomic E-state index is 0.00893. The Balaban J connectivity index is 1.42. The van der Waals surface area contributed by atoms with Gasteiger partial charge in [-0.2, -0.15) is 5.10 Å². The van der Waals surface area contributed by atoms with Gasteiger partial charge < -0.3 is 4.90 Å². The third-order valence-corrected chi connectivity index (χ3v) is 5.12. The average Bonchev–Trinajstić information content (AvgIpc) is 3.19. The fourth-order valence-corrected chi connectivity index (χ4v) is 3.47. The van der Waals surface area contributed by atoms with E-state index in [-0.39, 0.29) is 11.9 Å². The van der Waals surface area contributed by atoms with Crippen molar-refractivity contribution in [1.29, 1.82) is 0 Å². The monoisotopic (exact) mass is 349 g/mol. The first-order valence-electron chi connectivity index (χ1n) is 8.91. The predicted molar refractivity (Wildman–Crippen MR) is 92.8 cm³/mol. The molecule has 1 atom stereocenters. The summed E-state index contributed by atoms with van der Waals surface area (Å²) in [5, 5.41) is 12.3. The summed E-state index contributed by atoms with van der Waals surface area (Å²) in [7, 11) is 0. The number of nitrogens with zero attached hydrogens (tertiary/aromatic N) is 7. The largest absolute Gasteiger partial charge is 0.327 e. The van der Waals surface area contributed by atoms with Gasteiger partial charge in [-0.15, -0.1) is 10.2 Å². The van der Waals surface area contributed by atoms with Gasteiger partial charge in [0.05, 0.1) is 12.6 Å². The highest BCUT2D eigenvalue weighted by atomic mass is 16.2. The van der Waals surface area contributed by atoms with Gasteiger partial charge in [-0.1, -0.05) is 6.07 Å². The number of benzene rings is 1. The van der Waals surface area contributed by atoms with Crippen molar-refractivity contribution in [2.45, 2.75) is 38.3 Å². The zero-order chi connectivity index (χ0) is 17.7. The fourth-order valence-electron chi connectivity index (χ4n) is 3.47. The van der Waals surface area contributed by atoms with Crippen molar-refractivity contribution in [3.8, 4) is 5.69 Å². The molecule has 132 valence electrons. The van der Waals surface area contributed by atoms with E-state index in [0.717, 1.165) is 17.3 Å². The number of aromatic nitrogens is 6. The van der Waals surface area contributed by atoms with E-state index in [0.29, 0.717) is 24.6 Å². The minimum atomic E-state index is -0.0881. The lowest BCUT2D eigenvalue weighted by molar-refractivity contribution is 0.0630. The number of carbonyl (C=O) groups excluding carboxylic acids is 1. The number of rotatable bonds is 3. The molecule has 0 unspecified atom stereocenters. The second-order valence-corrected chi connectivity index (χ2v) is 6.92. The molecule has 2 aliphatic rings. The molecule has 5 rings (SSSR count). The van der Waals surface area contributed by atoms with Gasteiger partial charge in [0.2, 0.25) is 0 Å².